The first-order chi connectivity index (χ1) is 52.1. The van der Waals surface area contributed by atoms with Crippen molar-refractivity contribution < 1.29 is 35.8 Å². The lowest BCUT2D eigenvalue weighted by Crippen LogP contribution is -2.32. The second-order valence-corrected chi connectivity index (χ2v) is 31.2. The van der Waals surface area contributed by atoms with E-state index in [0.29, 0.717) is 29.2 Å². The largest absolute Gasteiger partial charge is 0.413 e. The molecular formula is C83H56N13O2S5+5. The molecule has 103 heavy (non-hydrogen) atoms. The highest BCUT2D eigenvalue weighted by atomic mass is 32.1. The van der Waals surface area contributed by atoms with Crippen LogP contribution >= 0.6 is 56.7 Å². The topological polar surface area (TPSA) is 125 Å². The normalized spacial score (nSPS) is 13.5. The Bertz CT molecular complexity index is 7090. The summed E-state index contributed by atoms with van der Waals surface area (Å²) in [6.45, 7) is 2.12. The maximum atomic E-state index is 7.93. The summed E-state index contributed by atoms with van der Waals surface area (Å²) in [7, 11) is 2.13. The second kappa shape index (κ2) is 22.9. The van der Waals surface area contributed by atoms with Crippen LogP contribution < -0.4 is 22.8 Å². The number of hydrogen-bond acceptors (Lipinski definition) is 12. The maximum Gasteiger partial charge on any atom is 0.393 e. The minimum Gasteiger partial charge on any atom is -0.413 e. The van der Waals surface area contributed by atoms with Crippen LogP contribution in [0.25, 0.3) is 165 Å². The van der Waals surface area contributed by atoms with Crippen molar-refractivity contribution in [2.24, 2.45) is 14.0 Å². The molecule has 21 aromatic rings. The molecule has 0 bridgehead atoms. The average Bonchev–Trinajstić information content (AvgIpc) is 1.57. The number of rotatable bonds is 1. The van der Waals surface area contributed by atoms with Crippen molar-refractivity contribution in [2.75, 3.05) is 0 Å². The lowest BCUT2D eigenvalue weighted by molar-refractivity contribution is -0.652. The summed E-state index contributed by atoms with van der Waals surface area (Å²) in [5.41, 5.74) is 23.0. The Morgan fingerprint density at radius 1 is 0.369 bits per heavy atom. The number of pyridine rings is 5. The predicted octanol–water partition coefficient (Wildman–Crippen LogP) is 17.5. The fraction of sp³-hybridized carbons (Fsp3) is 0.0843. The zero-order chi connectivity index (χ0) is 70.2. The minimum atomic E-state index is -2.30. The molecule has 15 nitrogen and oxygen atoms in total. The molecule has 0 aliphatic carbocycles. The van der Waals surface area contributed by atoms with Crippen LogP contribution in [0.5, 0.6) is 0 Å². The molecule has 20 heteroatoms. The van der Waals surface area contributed by atoms with Gasteiger partial charge in [0.1, 0.15) is 39.4 Å². The van der Waals surface area contributed by atoms with E-state index in [1.807, 2.05) is 124 Å². The maximum absolute atomic E-state index is 7.93. The van der Waals surface area contributed by atoms with Crippen LogP contribution in [0.15, 0.2) is 253 Å². The van der Waals surface area contributed by atoms with Crippen molar-refractivity contribution in [3.05, 3.63) is 272 Å². The highest BCUT2D eigenvalue weighted by Gasteiger charge is 2.39. The molecule has 0 saturated carbocycles. The molecule has 0 spiro atoms. The van der Waals surface area contributed by atoms with Gasteiger partial charge in [0.05, 0.1) is 80.5 Å². The Hall–Kier alpha value is -11.8. The van der Waals surface area contributed by atoms with E-state index >= 15 is 0 Å². The van der Waals surface area contributed by atoms with Gasteiger partial charge in [-0.1, -0.05) is 166 Å². The summed E-state index contributed by atoms with van der Waals surface area (Å²) >= 11 is 9.35. The molecule has 0 radical (unpaired) electrons. The van der Waals surface area contributed by atoms with E-state index in [2.05, 4.69) is 205 Å². The number of furan rings is 1. The van der Waals surface area contributed by atoms with Crippen molar-refractivity contribution in [1.29, 1.82) is 0 Å². The smallest absolute Gasteiger partial charge is 0.393 e. The summed E-state index contributed by atoms with van der Waals surface area (Å²) in [6.07, 6.45) is 18.4. The quantitative estimate of drug-likeness (QED) is 0.150. The minimum absolute atomic E-state index is 0.563. The van der Waals surface area contributed by atoms with Crippen molar-refractivity contribution in [3.8, 4) is 59.4 Å². The molecule has 5 aliphatic rings. The van der Waals surface area contributed by atoms with E-state index in [9.17, 15) is 0 Å². The van der Waals surface area contributed by atoms with Gasteiger partial charge in [0.25, 0.3) is 20.7 Å². The number of hydrogen-bond donors (Lipinski definition) is 0. The van der Waals surface area contributed by atoms with Crippen molar-refractivity contribution >= 4 is 162 Å². The fourth-order valence-corrected chi connectivity index (χ4v) is 22.6. The SMILES string of the molecule is Cn1c2cnccc2c2sc3[n+](c21)Cc1ccccc1-3.[2H]C([2H])([2H])n1c2cnccc2c2oc3[n+](c21)Cc1ccccc1-3.c1ccc(-n2c3cnccc3c3sc4[n+](c32)Cc2ccccc2-4)cc1.c1ccc2c(c1)C[n+]1c-2sc2c3ccncc3oc21.c1ccc2c(c1)C[n+]1c-2sc2c3ccncc3sc21. The highest BCUT2D eigenvalue weighted by molar-refractivity contribution is 7.32. The Morgan fingerprint density at radius 2 is 0.825 bits per heavy atom. The molecule has 5 aliphatic heterocycles. The molecule has 20 heterocycles. The number of oxazole rings is 1. The van der Waals surface area contributed by atoms with Crippen molar-refractivity contribution in [1.82, 2.24) is 38.6 Å². The molecule has 0 N–H and O–H groups in total. The standard InChI is InChI=1S/C21H14N3S.C16H12N3O.C16H12N3S.C15H9N2OS.C15H9N2S2/c1-2-7-15(8-3-1)24-18-12-22-11-10-17(18)19-20(24)23-13-14-6-4-5-9-16(14)21(23)25-19;2*1-18-13-8-17-7-6-12(13)14-15(18)19-9-10-4-2-3-5-11(10)16(19)20-14;1-2-4-10-9(3-1)8-17-14-13(19-15(10)17)11-5-6-16-7-12(11)18-14;1-2-4-10-9(3-1)8-17-14(10)19-13-11-5-6-16-7-12(11)18-15(13)17/h1-12H,13H2;2*2-8H,9H2,1H3;2*1-7H,8H2/q5*+1/i;1D3;;;. The number of fused-ring (bicyclic) bond motifs is 35. The van der Waals surface area contributed by atoms with Crippen molar-refractivity contribution in [2.45, 2.75) is 32.7 Å². The number of nitrogens with zero attached hydrogens (tertiary/aromatic N) is 13. The molecule has 15 aromatic heterocycles. The Morgan fingerprint density at radius 3 is 1.48 bits per heavy atom. The summed E-state index contributed by atoms with van der Waals surface area (Å²) in [4.78, 5) is 22.4. The van der Waals surface area contributed by atoms with Gasteiger partial charge < -0.3 is 8.83 Å². The molecule has 0 atom stereocenters. The Balaban J connectivity index is 0.0000000830. The molecule has 0 amide bonds. The monoisotopic (exact) mass is 1430 g/mol. The van der Waals surface area contributed by atoms with E-state index in [-0.39, 0.29) is 0 Å². The number of aryl methyl sites for hydroxylation is 2. The van der Waals surface area contributed by atoms with Gasteiger partial charge in [-0.05, 0) is 72.8 Å². The summed E-state index contributed by atoms with van der Waals surface area (Å²) in [5, 5.41) is 11.3. The van der Waals surface area contributed by atoms with Gasteiger partial charge in [-0.2, -0.15) is 13.7 Å². The van der Waals surface area contributed by atoms with Gasteiger partial charge in [-0.25, -0.2) is 18.3 Å². The van der Waals surface area contributed by atoms with E-state index in [4.69, 9.17) is 12.9 Å². The molecule has 0 fully saturated rings. The van der Waals surface area contributed by atoms with E-state index in [1.54, 1.807) is 36.0 Å². The highest BCUT2D eigenvalue weighted by Crippen LogP contribution is 2.46. The molecular weight excluding hydrogens is 1370 g/mol. The number of thiophene rings is 1. The summed E-state index contributed by atoms with van der Waals surface area (Å²) in [6, 6.07) is 63.5. The van der Waals surface area contributed by atoms with Crippen LogP contribution in [0, 0.1) is 0 Å². The zero-order valence-corrected chi connectivity index (χ0v) is 58.9. The van der Waals surface area contributed by atoms with Gasteiger partial charge in [0.15, 0.2) is 49.9 Å². The first kappa shape index (κ1) is 55.9. The van der Waals surface area contributed by atoms with Gasteiger partial charge >= 0.3 is 22.7 Å². The van der Waals surface area contributed by atoms with Gasteiger partial charge in [-0.3, -0.25) is 24.9 Å². The average molecular weight is 1430 g/mol. The lowest BCUT2D eigenvalue weighted by atomic mass is 10.1. The zero-order valence-electron chi connectivity index (χ0n) is 57.8. The fourth-order valence-electron chi connectivity index (χ4n) is 15.9. The van der Waals surface area contributed by atoms with Crippen LogP contribution in [0.1, 0.15) is 31.9 Å². The van der Waals surface area contributed by atoms with Crippen molar-refractivity contribution in [3.63, 3.8) is 0 Å². The van der Waals surface area contributed by atoms with E-state index in [0.717, 1.165) is 59.4 Å². The van der Waals surface area contributed by atoms with Gasteiger partial charge in [0, 0.05) is 86.9 Å². The third-order valence-corrected chi connectivity index (χ3v) is 26.8. The number of thiazole rings is 4. The molecule has 0 unspecified atom stereocenters. The Kier molecular flexibility index (Phi) is 12.4. The first-order valence-corrected chi connectivity index (χ1v) is 37.9. The molecule has 6 aromatic carbocycles. The van der Waals surface area contributed by atoms with Gasteiger partial charge in [-0.15, -0.1) is 4.57 Å². The van der Waals surface area contributed by atoms with E-state index in [1.165, 1.54) is 142 Å². The number of benzene rings is 6. The van der Waals surface area contributed by atoms with Crippen LogP contribution in [-0.2, 0) is 46.7 Å². The summed E-state index contributed by atoms with van der Waals surface area (Å²) in [5.74, 6) is 0.710. The lowest BCUT2D eigenvalue weighted by Gasteiger charge is -2.00. The first-order valence-electron chi connectivity index (χ1n) is 35.4. The third kappa shape index (κ3) is 8.82. The van der Waals surface area contributed by atoms with Gasteiger partial charge in [0.2, 0.25) is 5.58 Å². The van der Waals surface area contributed by atoms with Crippen LogP contribution in [0.4, 0.5) is 0 Å². The molecule has 490 valence electrons. The second-order valence-electron chi connectivity index (χ2n) is 26.2. The predicted molar refractivity (Wildman–Crippen MR) is 411 cm³/mol. The Labute approximate surface area is 610 Å². The van der Waals surface area contributed by atoms with Crippen LogP contribution in [-0.4, -0.2) is 38.6 Å². The van der Waals surface area contributed by atoms with Crippen LogP contribution in [0.3, 0.4) is 0 Å². The third-order valence-electron chi connectivity index (χ3n) is 20.6. The number of aromatic nitrogens is 13. The molecule has 0 saturated heterocycles. The number of para-hydroxylation sites is 1. The van der Waals surface area contributed by atoms with Crippen LogP contribution in [0.2, 0.25) is 0 Å². The summed E-state index contributed by atoms with van der Waals surface area (Å²) < 4.78 is 60.0. The molecule has 26 rings (SSSR count). The van der Waals surface area contributed by atoms with E-state index < -0.39 is 6.98 Å².